The Bertz CT molecular complexity index is 734. The van der Waals surface area contributed by atoms with Crippen molar-refractivity contribution < 1.29 is 9.21 Å². The van der Waals surface area contributed by atoms with Crippen molar-refractivity contribution >= 4 is 23.1 Å². The van der Waals surface area contributed by atoms with Crippen LogP contribution in [0.2, 0.25) is 0 Å². The van der Waals surface area contributed by atoms with E-state index < -0.39 is 0 Å². The smallest absolute Gasteiger partial charge is 0.220 e. The number of benzene rings is 1. The highest BCUT2D eigenvalue weighted by Gasteiger charge is 2.06. The molecule has 2 N–H and O–H groups in total. The predicted octanol–water partition coefficient (Wildman–Crippen LogP) is 2.28. The number of furan rings is 1. The first kappa shape index (κ1) is 10.5. The van der Waals surface area contributed by atoms with E-state index in [9.17, 15) is 4.79 Å². The quantitative estimate of drug-likeness (QED) is 0.694. The van der Waals surface area contributed by atoms with Gasteiger partial charge in [0, 0.05) is 17.1 Å². The molecule has 0 aliphatic rings. The maximum atomic E-state index is 10.6. The Labute approximate surface area is 102 Å². The molecule has 0 unspecified atom stereocenters. The van der Waals surface area contributed by atoms with Gasteiger partial charge >= 0.3 is 0 Å². The van der Waals surface area contributed by atoms with Gasteiger partial charge in [0.25, 0.3) is 0 Å². The van der Waals surface area contributed by atoms with Gasteiger partial charge in [0.05, 0.1) is 5.52 Å². The van der Waals surface area contributed by atoms with Crippen molar-refractivity contribution in [3.8, 4) is 11.3 Å². The summed E-state index contributed by atoms with van der Waals surface area (Å²) in [4.78, 5) is 18.6. The number of nitrogens with zero attached hydrogens (tertiary/aromatic N) is 2. The Hall–Kier alpha value is -2.69. The summed E-state index contributed by atoms with van der Waals surface area (Å²) in [5.41, 5.74) is 7.15. The van der Waals surface area contributed by atoms with Gasteiger partial charge in [-0.25, -0.2) is 9.97 Å². The van der Waals surface area contributed by atoms with Gasteiger partial charge in [-0.15, -0.1) is 0 Å². The lowest BCUT2D eigenvalue weighted by molar-refractivity contribution is 0.110. The normalized spacial score (nSPS) is 10.7. The van der Waals surface area contributed by atoms with E-state index in [2.05, 4.69) is 9.97 Å². The molecule has 0 bridgehead atoms. The van der Waals surface area contributed by atoms with Crippen LogP contribution in [0.15, 0.2) is 40.9 Å². The minimum atomic E-state index is 0.247. The summed E-state index contributed by atoms with van der Waals surface area (Å²) >= 11 is 0. The molecule has 3 aromatic rings. The third-order valence-corrected chi connectivity index (χ3v) is 2.63. The van der Waals surface area contributed by atoms with E-state index in [0.29, 0.717) is 17.8 Å². The van der Waals surface area contributed by atoms with Gasteiger partial charge in [0.2, 0.25) is 5.95 Å². The van der Waals surface area contributed by atoms with Crippen molar-refractivity contribution in [3.05, 3.63) is 42.3 Å². The molecule has 5 nitrogen and oxygen atoms in total. The average Bonchev–Trinajstić information content (AvgIpc) is 2.87. The van der Waals surface area contributed by atoms with E-state index in [1.165, 1.54) is 0 Å². The number of aldehydes is 1. The van der Waals surface area contributed by atoms with Crippen LogP contribution in [0.3, 0.4) is 0 Å². The van der Waals surface area contributed by atoms with Crippen molar-refractivity contribution in [2.45, 2.75) is 0 Å². The van der Waals surface area contributed by atoms with E-state index in [-0.39, 0.29) is 5.95 Å². The zero-order chi connectivity index (χ0) is 12.5. The van der Waals surface area contributed by atoms with Gasteiger partial charge in [0.1, 0.15) is 5.76 Å². The fourth-order valence-electron chi connectivity index (χ4n) is 1.77. The Morgan fingerprint density at radius 2 is 2.11 bits per heavy atom. The molecule has 18 heavy (non-hydrogen) atoms. The fraction of sp³-hybridized carbons (Fsp3) is 0. The Morgan fingerprint density at radius 1 is 1.22 bits per heavy atom. The van der Waals surface area contributed by atoms with Crippen molar-refractivity contribution in [3.63, 3.8) is 0 Å². The molecule has 88 valence electrons. The van der Waals surface area contributed by atoms with E-state index in [1.807, 2.05) is 18.2 Å². The van der Waals surface area contributed by atoms with Crippen LogP contribution < -0.4 is 5.73 Å². The number of aromatic nitrogens is 2. The highest BCUT2D eigenvalue weighted by Crippen LogP contribution is 2.25. The number of anilines is 1. The molecule has 0 fully saturated rings. The minimum Gasteiger partial charge on any atom is -0.453 e. The van der Waals surface area contributed by atoms with E-state index in [1.54, 1.807) is 18.3 Å². The van der Waals surface area contributed by atoms with Crippen molar-refractivity contribution in [2.24, 2.45) is 0 Å². The average molecular weight is 239 g/mol. The van der Waals surface area contributed by atoms with Gasteiger partial charge in [-0.3, -0.25) is 4.79 Å². The first-order chi connectivity index (χ1) is 8.76. The topological polar surface area (TPSA) is 82.0 Å². The second-order valence-corrected chi connectivity index (χ2v) is 3.82. The van der Waals surface area contributed by atoms with Crippen LogP contribution in [0, 0.1) is 0 Å². The number of nitrogens with two attached hydrogens (primary N) is 1. The lowest BCUT2D eigenvalue weighted by atomic mass is 10.1. The second-order valence-electron chi connectivity index (χ2n) is 3.82. The molecule has 0 aliphatic carbocycles. The summed E-state index contributed by atoms with van der Waals surface area (Å²) in [6, 6.07) is 8.98. The van der Waals surface area contributed by atoms with E-state index in [4.69, 9.17) is 10.2 Å². The highest BCUT2D eigenvalue weighted by atomic mass is 16.3. The number of rotatable bonds is 2. The Morgan fingerprint density at radius 3 is 2.89 bits per heavy atom. The maximum Gasteiger partial charge on any atom is 0.220 e. The number of hydrogen-bond donors (Lipinski definition) is 1. The first-order valence-electron chi connectivity index (χ1n) is 5.34. The van der Waals surface area contributed by atoms with Crippen LogP contribution in [0.25, 0.3) is 22.2 Å². The van der Waals surface area contributed by atoms with Gasteiger partial charge in [0.15, 0.2) is 12.0 Å². The first-order valence-corrected chi connectivity index (χ1v) is 5.34. The van der Waals surface area contributed by atoms with Crippen molar-refractivity contribution in [1.82, 2.24) is 9.97 Å². The van der Waals surface area contributed by atoms with Gasteiger partial charge in [-0.05, 0) is 30.3 Å². The zero-order valence-corrected chi connectivity index (χ0v) is 9.33. The van der Waals surface area contributed by atoms with Crippen LogP contribution in [-0.4, -0.2) is 16.3 Å². The molecular formula is C13H9N3O2. The number of hydrogen-bond acceptors (Lipinski definition) is 5. The molecule has 2 aromatic heterocycles. The van der Waals surface area contributed by atoms with Crippen LogP contribution in [0.1, 0.15) is 10.6 Å². The minimum absolute atomic E-state index is 0.247. The van der Waals surface area contributed by atoms with Gasteiger partial charge in [-0.1, -0.05) is 0 Å². The molecule has 2 heterocycles. The molecular weight excluding hydrogens is 230 g/mol. The van der Waals surface area contributed by atoms with Crippen molar-refractivity contribution in [1.29, 1.82) is 0 Å². The molecule has 0 atom stereocenters. The fourth-order valence-corrected chi connectivity index (χ4v) is 1.77. The molecule has 0 saturated heterocycles. The summed E-state index contributed by atoms with van der Waals surface area (Å²) in [5.74, 6) is 1.19. The number of nitrogen functional groups attached to an aromatic ring is 1. The summed E-state index contributed by atoms with van der Waals surface area (Å²) in [6.07, 6.45) is 2.33. The molecule has 0 saturated carbocycles. The number of fused-ring (bicyclic) bond motifs is 1. The zero-order valence-electron chi connectivity index (χ0n) is 9.33. The summed E-state index contributed by atoms with van der Waals surface area (Å²) in [5, 5.41) is 0.866. The highest BCUT2D eigenvalue weighted by molar-refractivity contribution is 5.84. The predicted molar refractivity (Wildman–Crippen MR) is 67.0 cm³/mol. The number of carbonyl (C=O) groups excluding carboxylic acids is 1. The van der Waals surface area contributed by atoms with Crippen LogP contribution in [0.4, 0.5) is 5.95 Å². The Kier molecular flexibility index (Phi) is 2.30. The molecule has 0 aliphatic heterocycles. The monoisotopic (exact) mass is 239 g/mol. The van der Waals surface area contributed by atoms with E-state index >= 15 is 0 Å². The van der Waals surface area contributed by atoms with Crippen LogP contribution in [-0.2, 0) is 0 Å². The molecule has 3 rings (SSSR count). The van der Waals surface area contributed by atoms with Crippen LogP contribution >= 0.6 is 0 Å². The largest absolute Gasteiger partial charge is 0.453 e. The standard InChI is InChI=1S/C13H9N3O2/c14-13-15-6-9-5-8(1-3-11(9)16-13)12-4-2-10(7-17)18-12/h1-7H,(H2,14,15,16). The molecule has 0 spiro atoms. The molecule has 5 heteroatoms. The lowest BCUT2D eigenvalue weighted by Crippen LogP contribution is -1.93. The summed E-state index contributed by atoms with van der Waals surface area (Å²) in [7, 11) is 0. The summed E-state index contributed by atoms with van der Waals surface area (Å²) < 4.78 is 5.36. The van der Waals surface area contributed by atoms with Crippen LogP contribution in [0.5, 0.6) is 0 Å². The van der Waals surface area contributed by atoms with E-state index in [0.717, 1.165) is 16.5 Å². The SMILES string of the molecule is Nc1ncc2cc(-c3ccc(C=O)o3)ccc2n1. The molecule has 0 amide bonds. The lowest BCUT2D eigenvalue weighted by Gasteiger charge is -2.01. The van der Waals surface area contributed by atoms with Crippen molar-refractivity contribution in [2.75, 3.05) is 5.73 Å². The molecule has 0 radical (unpaired) electrons. The maximum absolute atomic E-state index is 10.6. The third-order valence-electron chi connectivity index (χ3n) is 2.63. The van der Waals surface area contributed by atoms with Gasteiger partial charge < -0.3 is 10.2 Å². The summed E-state index contributed by atoms with van der Waals surface area (Å²) in [6.45, 7) is 0. The Balaban J connectivity index is 2.12. The number of carbonyl (C=O) groups is 1. The second kappa shape index (κ2) is 3.96. The molecule has 1 aromatic carbocycles. The third kappa shape index (κ3) is 1.71. The van der Waals surface area contributed by atoms with Gasteiger partial charge in [-0.2, -0.15) is 0 Å².